The van der Waals surface area contributed by atoms with E-state index in [9.17, 15) is 10.1 Å². The summed E-state index contributed by atoms with van der Waals surface area (Å²) in [6.07, 6.45) is 1.37. The number of carbonyl (C=O) groups is 1. The topological polar surface area (TPSA) is 70.7 Å². The van der Waals surface area contributed by atoms with Crippen LogP contribution in [0.15, 0.2) is 24.4 Å². The van der Waals surface area contributed by atoms with Gasteiger partial charge < -0.3 is 5.32 Å². The minimum Gasteiger partial charge on any atom is -0.355 e. The Morgan fingerprint density at radius 3 is 2.84 bits per heavy atom. The SMILES string of the molecule is CNC(=O)c1cnn(-c2ccc(C)c(Cl)c2)c1C#N. The first-order chi connectivity index (χ1) is 9.08. The lowest BCUT2D eigenvalue weighted by Crippen LogP contribution is -2.18. The molecule has 0 saturated heterocycles. The molecule has 0 fully saturated rings. The lowest BCUT2D eigenvalue weighted by Gasteiger charge is -2.05. The summed E-state index contributed by atoms with van der Waals surface area (Å²) in [5, 5.41) is 16.3. The Kier molecular flexibility index (Phi) is 3.54. The first-order valence-electron chi connectivity index (χ1n) is 5.55. The minimum atomic E-state index is -0.346. The van der Waals surface area contributed by atoms with Crippen molar-refractivity contribution in [2.24, 2.45) is 0 Å². The average molecular weight is 275 g/mol. The van der Waals surface area contributed by atoms with Gasteiger partial charge in [-0.2, -0.15) is 10.4 Å². The Morgan fingerprint density at radius 2 is 2.26 bits per heavy atom. The predicted octanol–water partition coefficient (Wildman–Crippen LogP) is 2.07. The van der Waals surface area contributed by atoms with Gasteiger partial charge in [-0.3, -0.25) is 4.79 Å². The van der Waals surface area contributed by atoms with Crippen LogP contribution in [-0.2, 0) is 0 Å². The predicted molar refractivity (Wildman–Crippen MR) is 71.4 cm³/mol. The second kappa shape index (κ2) is 5.12. The van der Waals surface area contributed by atoms with Gasteiger partial charge in [0.2, 0.25) is 0 Å². The second-order valence-corrected chi connectivity index (χ2v) is 4.35. The first kappa shape index (κ1) is 13.1. The highest BCUT2D eigenvalue weighted by molar-refractivity contribution is 6.31. The summed E-state index contributed by atoms with van der Waals surface area (Å²) in [6, 6.07) is 7.32. The van der Waals surface area contributed by atoms with E-state index in [1.54, 1.807) is 12.1 Å². The van der Waals surface area contributed by atoms with Gasteiger partial charge in [0.05, 0.1) is 17.4 Å². The van der Waals surface area contributed by atoms with Crippen LogP contribution in [0.4, 0.5) is 0 Å². The first-order valence-corrected chi connectivity index (χ1v) is 5.93. The summed E-state index contributed by atoms with van der Waals surface area (Å²) in [7, 11) is 1.50. The van der Waals surface area contributed by atoms with Gasteiger partial charge in [0.25, 0.3) is 5.91 Å². The number of hydrogen-bond donors (Lipinski definition) is 1. The zero-order valence-corrected chi connectivity index (χ0v) is 11.2. The van der Waals surface area contributed by atoms with Crippen molar-refractivity contribution in [2.75, 3.05) is 7.05 Å². The van der Waals surface area contributed by atoms with Crippen LogP contribution >= 0.6 is 11.6 Å². The fourth-order valence-electron chi connectivity index (χ4n) is 1.67. The molecule has 96 valence electrons. The molecule has 0 radical (unpaired) electrons. The molecule has 2 rings (SSSR count). The number of rotatable bonds is 2. The molecule has 1 N–H and O–H groups in total. The fourth-order valence-corrected chi connectivity index (χ4v) is 1.84. The molecule has 0 aliphatic rings. The van der Waals surface area contributed by atoms with Crippen LogP contribution < -0.4 is 5.32 Å². The second-order valence-electron chi connectivity index (χ2n) is 3.94. The Morgan fingerprint density at radius 1 is 1.53 bits per heavy atom. The number of halogens is 1. The summed E-state index contributed by atoms with van der Waals surface area (Å²) in [6.45, 7) is 1.89. The molecular formula is C13H11ClN4O. The molecule has 0 aliphatic carbocycles. The molecule has 1 heterocycles. The van der Waals surface area contributed by atoms with E-state index in [0.29, 0.717) is 10.7 Å². The van der Waals surface area contributed by atoms with Gasteiger partial charge in [-0.05, 0) is 24.6 Å². The summed E-state index contributed by atoms with van der Waals surface area (Å²) < 4.78 is 1.40. The molecule has 0 aliphatic heterocycles. The largest absolute Gasteiger partial charge is 0.355 e. The van der Waals surface area contributed by atoms with E-state index in [0.717, 1.165) is 5.56 Å². The molecule has 1 amide bonds. The van der Waals surface area contributed by atoms with Crippen molar-refractivity contribution < 1.29 is 4.79 Å². The number of amides is 1. The molecule has 6 heteroatoms. The molecule has 0 bridgehead atoms. The molecule has 19 heavy (non-hydrogen) atoms. The third-order valence-corrected chi connectivity index (χ3v) is 3.15. The standard InChI is InChI=1S/C13H11ClN4O/c1-8-3-4-9(5-11(8)14)18-12(6-15)10(7-17-18)13(19)16-2/h3-5,7H,1-2H3,(H,16,19). The summed E-state index contributed by atoms with van der Waals surface area (Å²) in [4.78, 5) is 11.6. The summed E-state index contributed by atoms with van der Waals surface area (Å²) in [5.41, 5.74) is 1.99. The van der Waals surface area contributed by atoms with Crippen LogP contribution in [0.3, 0.4) is 0 Å². The number of aromatic nitrogens is 2. The van der Waals surface area contributed by atoms with Gasteiger partial charge in [0.15, 0.2) is 5.69 Å². The van der Waals surface area contributed by atoms with Crippen molar-refractivity contribution in [2.45, 2.75) is 6.92 Å². The van der Waals surface area contributed by atoms with Crippen molar-refractivity contribution in [3.05, 3.63) is 46.2 Å². The number of benzene rings is 1. The van der Waals surface area contributed by atoms with E-state index in [1.165, 1.54) is 17.9 Å². The van der Waals surface area contributed by atoms with Crippen LogP contribution in [-0.4, -0.2) is 22.7 Å². The van der Waals surface area contributed by atoms with Gasteiger partial charge >= 0.3 is 0 Å². The van der Waals surface area contributed by atoms with Crippen molar-refractivity contribution >= 4 is 17.5 Å². The smallest absolute Gasteiger partial charge is 0.255 e. The summed E-state index contributed by atoms with van der Waals surface area (Å²) >= 11 is 6.05. The van der Waals surface area contributed by atoms with Gasteiger partial charge in [0.1, 0.15) is 6.07 Å². The van der Waals surface area contributed by atoms with Gasteiger partial charge in [-0.1, -0.05) is 17.7 Å². The number of nitriles is 1. The highest BCUT2D eigenvalue weighted by atomic mass is 35.5. The lowest BCUT2D eigenvalue weighted by molar-refractivity contribution is 0.0963. The Hall–Kier alpha value is -2.32. The normalized spacial score (nSPS) is 10.0. The zero-order chi connectivity index (χ0) is 14.0. The highest BCUT2D eigenvalue weighted by Gasteiger charge is 2.17. The fraction of sp³-hybridized carbons (Fsp3) is 0.154. The molecular weight excluding hydrogens is 264 g/mol. The quantitative estimate of drug-likeness (QED) is 0.911. The molecule has 0 spiro atoms. The molecule has 1 aromatic heterocycles. The lowest BCUT2D eigenvalue weighted by atomic mass is 10.2. The molecule has 5 nitrogen and oxygen atoms in total. The van der Waals surface area contributed by atoms with Crippen molar-refractivity contribution in [1.82, 2.24) is 15.1 Å². The number of nitrogens with one attached hydrogen (secondary N) is 1. The van der Waals surface area contributed by atoms with E-state index in [4.69, 9.17) is 11.6 Å². The van der Waals surface area contributed by atoms with Gasteiger partial charge in [0, 0.05) is 12.1 Å². The zero-order valence-electron chi connectivity index (χ0n) is 10.4. The third-order valence-electron chi connectivity index (χ3n) is 2.75. The molecule has 1 aromatic carbocycles. The van der Waals surface area contributed by atoms with Gasteiger partial charge in [-0.25, -0.2) is 4.68 Å². The van der Waals surface area contributed by atoms with Crippen LogP contribution in [0.5, 0.6) is 0 Å². The maximum atomic E-state index is 11.6. The molecule has 0 saturated carbocycles. The number of hydrogen-bond acceptors (Lipinski definition) is 3. The van der Waals surface area contributed by atoms with Crippen LogP contribution in [0.2, 0.25) is 5.02 Å². The van der Waals surface area contributed by atoms with Crippen molar-refractivity contribution in [1.29, 1.82) is 5.26 Å². The van der Waals surface area contributed by atoms with E-state index in [2.05, 4.69) is 10.4 Å². The maximum Gasteiger partial charge on any atom is 0.255 e. The van der Waals surface area contributed by atoms with Crippen LogP contribution in [0, 0.1) is 18.3 Å². The Bertz CT molecular complexity index is 684. The number of nitrogens with zero attached hydrogens (tertiary/aromatic N) is 3. The summed E-state index contributed by atoms with van der Waals surface area (Å²) in [5.74, 6) is -0.346. The highest BCUT2D eigenvalue weighted by Crippen LogP contribution is 2.21. The average Bonchev–Trinajstić information content (AvgIpc) is 2.84. The van der Waals surface area contributed by atoms with Crippen LogP contribution in [0.1, 0.15) is 21.6 Å². The molecule has 0 unspecified atom stereocenters. The molecule has 0 atom stereocenters. The Balaban J connectivity index is 2.57. The maximum absolute atomic E-state index is 11.6. The van der Waals surface area contributed by atoms with Crippen molar-refractivity contribution in [3.63, 3.8) is 0 Å². The monoisotopic (exact) mass is 274 g/mol. The van der Waals surface area contributed by atoms with E-state index in [1.807, 2.05) is 19.1 Å². The molecule has 2 aromatic rings. The van der Waals surface area contributed by atoms with E-state index in [-0.39, 0.29) is 17.2 Å². The van der Waals surface area contributed by atoms with E-state index < -0.39 is 0 Å². The number of aryl methyl sites for hydroxylation is 1. The Labute approximate surface area is 115 Å². The van der Waals surface area contributed by atoms with E-state index >= 15 is 0 Å². The third kappa shape index (κ3) is 2.30. The van der Waals surface area contributed by atoms with Crippen molar-refractivity contribution in [3.8, 4) is 11.8 Å². The van der Waals surface area contributed by atoms with Gasteiger partial charge in [-0.15, -0.1) is 0 Å². The van der Waals surface area contributed by atoms with Crippen LogP contribution in [0.25, 0.3) is 5.69 Å². The minimum absolute atomic E-state index is 0.180. The number of carbonyl (C=O) groups excluding carboxylic acids is 1.